The normalized spacial score (nSPS) is 20.2. The van der Waals surface area contributed by atoms with Crippen molar-refractivity contribution in [2.75, 3.05) is 12.4 Å². The topological polar surface area (TPSA) is 67.4 Å². The molecule has 2 aliphatic rings. The SMILES string of the molecule is O=C1NC(C(=O)NCc2cc(Br)cc3c2OCC3)CS1. The average molecular weight is 357 g/mol. The summed E-state index contributed by atoms with van der Waals surface area (Å²) < 4.78 is 6.60. The van der Waals surface area contributed by atoms with Gasteiger partial charge >= 0.3 is 0 Å². The number of fused-ring (bicyclic) bond motifs is 1. The van der Waals surface area contributed by atoms with E-state index in [9.17, 15) is 9.59 Å². The van der Waals surface area contributed by atoms with Crippen molar-refractivity contribution in [3.8, 4) is 5.75 Å². The number of thioether (sulfide) groups is 1. The quantitative estimate of drug-likeness (QED) is 0.866. The summed E-state index contributed by atoms with van der Waals surface area (Å²) >= 11 is 4.60. The van der Waals surface area contributed by atoms with Gasteiger partial charge in [-0.05, 0) is 17.7 Å². The molecular weight excluding hydrogens is 344 g/mol. The van der Waals surface area contributed by atoms with Gasteiger partial charge in [-0.25, -0.2) is 0 Å². The highest BCUT2D eigenvalue weighted by Crippen LogP contribution is 2.32. The van der Waals surface area contributed by atoms with Crippen molar-refractivity contribution >= 4 is 38.8 Å². The number of benzene rings is 1. The lowest BCUT2D eigenvalue weighted by Crippen LogP contribution is -2.42. The van der Waals surface area contributed by atoms with Crippen LogP contribution in [0, 0.1) is 0 Å². The first-order chi connectivity index (χ1) is 9.63. The molecule has 20 heavy (non-hydrogen) atoms. The molecule has 1 unspecified atom stereocenters. The van der Waals surface area contributed by atoms with E-state index in [4.69, 9.17) is 4.74 Å². The number of rotatable bonds is 3. The van der Waals surface area contributed by atoms with Crippen LogP contribution in [-0.4, -0.2) is 29.5 Å². The molecule has 3 rings (SSSR count). The Morgan fingerprint density at radius 3 is 3.15 bits per heavy atom. The molecule has 2 N–H and O–H groups in total. The van der Waals surface area contributed by atoms with E-state index in [0.29, 0.717) is 18.9 Å². The van der Waals surface area contributed by atoms with Gasteiger partial charge in [0, 0.05) is 28.8 Å². The van der Waals surface area contributed by atoms with Crippen LogP contribution in [0.15, 0.2) is 16.6 Å². The zero-order chi connectivity index (χ0) is 14.1. The fourth-order valence-corrected chi connectivity index (χ4v) is 3.64. The number of halogens is 1. The summed E-state index contributed by atoms with van der Waals surface area (Å²) in [5, 5.41) is 5.33. The maximum atomic E-state index is 12.0. The fraction of sp³-hybridized carbons (Fsp3) is 0.385. The number of carbonyl (C=O) groups excluding carboxylic acids is 2. The van der Waals surface area contributed by atoms with Crippen LogP contribution in [0.3, 0.4) is 0 Å². The molecule has 1 saturated heterocycles. The molecule has 0 aromatic heterocycles. The molecular formula is C13H13BrN2O3S. The summed E-state index contributed by atoms with van der Waals surface area (Å²) in [6.07, 6.45) is 0.894. The lowest BCUT2D eigenvalue weighted by atomic mass is 10.1. The second-order valence-corrected chi connectivity index (χ2v) is 6.57. The van der Waals surface area contributed by atoms with Crippen molar-refractivity contribution in [2.45, 2.75) is 19.0 Å². The zero-order valence-corrected chi connectivity index (χ0v) is 13.0. The Morgan fingerprint density at radius 2 is 2.40 bits per heavy atom. The van der Waals surface area contributed by atoms with Crippen molar-refractivity contribution in [1.29, 1.82) is 0 Å². The minimum Gasteiger partial charge on any atom is -0.493 e. The van der Waals surface area contributed by atoms with Gasteiger partial charge in [-0.1, -0.05) is 27.7 Å². The van der Waals surface area contributed by atoms with Gasteiger partial charge in [-0.15, -0.1) is 0 Å². The van der Waals surface area contributed by atoms with E-state index in [-0.39, 0.29) is 11.1 Å². The highest BCUT2D eigenvalue weighted by molar-refractivity contribution is 9.10. The third-order valence-corrected chi connectivity index (χ3v) is 4.61. The van der Waals surface area contributed by atoms with Crippen LogP contribution in [0.1, 0.15) is 11.1 Å². The maximum Gasteiger partial charge on any atom is 0.279 e. The van der Waals surface area contributed by atoms with Crippen LogP contribution in [0.4, 0.5) is 4.79 Å². The smallest absolute Gasteiger partial charge is 0.279 e. The zero-order valence-electron chi connectivity index (χ0n) is 10.6. The van der Waals surface area contributed by atoms with Gasteiger partial charge in [-0.2, -0.15) is 0 Å². The van der Waals surface area contributed by atoms with E-state index < -0.39 is 6.04 Å². The first-order valence-corrected chi connectivity index (χ1v) is 8.06. The summed E-state index contributed by atoms with van der Waals surface area (Å²) in [6, 6.07) is 3.56. The minimum atomic E-state index is -0.436. The molecule has 7 heteroatoms. The number of carbonyl (C=O) groups is 2. The van der Waals surface area contributed by atoms with Crippen molar-refractivity contribution in [1.82, 2.24) is 10.6 Å². The van der Waals surface area contributed by atoms with Gasteiger partial charge in [0.2, 0.25) is 5.91 Å². The molecule has 5 nitrogen and oxygen atoms in total. The van der Waals surface area contributed by atoms with Crippen LogP contribution < -0.4 is 15.4 Å². The molecule has 2 amide bonds. The highest BCUT2D eigenvalue weighted by Gasteiger charge is 2.28. The second kappa shape index (κ2) is 5.65. The molecule has 106 valence electrons. The van der Waals surface area contributed by atoms with Crippen LogP contribution in [0.25, 0.3) is 0 Å². The predicted octanol–water partition coefficient (Wildman–Crippen LogP) is 1.83. The van der Waals surface area contributed by atoms with E-state index >= 15 is 0 Å². The number of nitrogens with one attached hydrogen (secondary N) is 2. The van der Waals surface area contributed by atoms with Gasteiger partial charge in [0.1, 0.15) is 11.8 Å². The molecule has 1 aromatic rings. The van der Waals surface area contributed by atoms with E-state index in [2.05, 4.69) is 26.6 Å². The molecule has 0 spiro atoms. The molecule has 2 aliphatic heterocycles. The first kappa shape index (κ1) is 13.8. The third kappa shape index (κ3) is 2.78. The van der Waals surface area contributed by atoms with Crippen LogP contribution in [0.2, 0.25) is 0 Å². The average Bonchev–Trinajstić information content (AvgIpc) is 3.03. The van der Waals surface area contributed by atoms with Crippen molar-refractivity contribution in [3.05, 3.63) is 27.7 Å². The molecule has 1 fully saturated rings. The van der Waals surface area contributed by atoms with Crippen LogP contribution in [-0.2, 0) is 17.8 Å². The highest BCUT2D eigenvalue weighted by atomic mass is 79.9. The predicted molar refractivity (Wildman–Crippen MR) is 80.0 cm³/mol. The summed E-state index contributed by atoms with van der Waals surface area (Å²) in [5.41, 5.74) is 2.12. The van der Waals surface area contributed by atoms with Crippen LogP contribution in [0.5, 0.6) is 5.75 Å². The lowest BCUT2D eigenvalue weighted by molar-refractivity contribution is -0.122. The van der Waals surface area contributed by atoms with E-state index in [1.807, 2.05) is 12.1 Å². The maximum absolute atomic E-state index is 12.0. The number of amides is 2. The Bertz CT molecular complexity index is 579. The third-order valence-electron chi connectivity index (χ3n) is 3.27. The van der Waals surface area contributed by atoms with Gasteiger partial charge in [0.05, 0.1) is 6.61 Å². The van der Waals surface area contributed by atoms with Gasteiger partial charge in [0.15, 0.2) is 0 Å². The molecule has 0 bridgehead atoms. The Hall–Kier alpha value is -1.21. The Kier molecular flexibility index (Phi) is 3.89. The summed E-state index contributed by atoms with van der Waals surface area (Å²) in [6.45, 7) is 1.08. The van der Waals surface area contributed by atoms with Crippen molar-refractivity contribution < 1.29 is 14.3 Å². The second-order valence-electron chi connectivity index (χ2n) is 4.66. The number of hydrogen-bond donors (Lipinski definition) is 2. The summed E-state index contributed by atoms with van der Waals surface area (Å²) in [4.78, 5) is 23.0. The van der Waals surface area contributed by atoms with Gasteiger partial charge < -0.3 is 15.4 Å². The Morgan fingerprint density at radius 1 is 1.55 bits per heavy atom. The Balaban J connectivity index is 1.67. The molecule has 1 atom stereocenters. The molecule has 2 heterocycles. The fourth-order valence-electron chi connectivity index (χ4n) is 2.31. The molecule has 1 aromatic carbocycles. The van der Waals surface area contributed by atoms with Crippen molar-refractivity contribution in [2.24, 2.45) is 0 Å². The van der Waals surface area contributed by atoms with E-state index in [1.165, 1.54) is 0 Å². The van der Waals surface area contributed by atoms with Gasteiger partial charge in [0.25, 0.3) is 5.24 Å². The number of hydrogen-bond acceptors (Lipinski definition) is 4. The standard InChI is InChI=1S/C13H13BrN2O3S/c14-9-3-7-1-2-19-11(7)8(4-9)5-15-12(17)10-6-20-13(18)16-10/h3-4,10H,1-2,5-6H2,(H,15,17)(H,16,18). The minimum absolute atomic E-state index is 0.142. The lowest BCUT2D eigenvalue weighted by Gasteiger charge is -2.13. The largest absolute Gasteiger partial charge is 0.493 e. The summed E-state index contributed by atoms with van der Waals surface area (Å²) in [7, 11) is 0. The van der Waals surface area contributed by atoms with E-state index in [0.717, 1.165) is 39.5 Å². The Labute approximate surface area is 129 Å². The van der Waals surface area contributed by atoms with Gasteiger partial charge in [-0.3, -0.25) is 9.59 Å². The monoisotopic (exact) mass is 356 g/mol. The molecule has 0 radical (unpaired) electrons. The summed E-state index contributed by atoms with van der Waals surface area (Å²) in [5.74, 6) is 1.20. The molecule has 0 aliphatic carbocycles. The van der Waals surface area contributed by atoms with E-state index in [1.54, 1.807) is 0 Å². The molecule has 0 saturated carbocycles. The number of ether oxygens (including phenoxy) is 1. The first-order valence-electron chi connectivity index (χ1n) is 6.28. The van der Waals surface area contributed by atoms with Crippen LogP contribution >= 0.6 is 27.7 Å². The van der Waals surface area contributed by atoms with Crippen molar-refractivity contribution in [3.63, 3.8) is 0 Å².